The van der Waals surface area contributed by atoms with Gasteiger partial charge in [-0.25, -0.2) is 4.79 Å². The van der Waals surface area contributed by atoms with Crippen LogP contribution in [0.25, 0.3) is 11.3 Å². The molecule has 0 saturated heterocycles. The first-order valence-electron chi connectivity index (χ1n) is 6.25. The molecule has 0 unspecified atom stereocenters. The van der Waals surface area contributed by atoms with E-state index in [2.05, 4.69) is 5.16 Å². The highest BCUT2D eigenvalue weighted by molar-refractivity contribution is 6.31. The van der Waals surface area contributed by atoms with Gasteiger partial charge >= 0.3 is 5.97 Å². The standard InChI is InChI=1S/C14H12ClNO4/c15-10-3-9(12-6-13(14(17)18)20-16-12)4-11(5-10)19-7-8-1-2-8/h3-6,8H,1-2,7H2,(H,17,18). The molecule has 5 nitrogen and oxygen atoms in total. The third kappa shape index (κ3) is 2.93. The number of halogens is 1. The van der Waals surface area contributed by atoms with Gasteiger partial charge in [-0.05, 0) is 37.0 Å². The summed E-state index contributed by atoms with van der Waals surface area (Å²) in [6, 6.07) is 6.55. The van der Waals surface area contributed by atoms with Crippen LogP contribution >= 0.6 is 11.6 Å². The molecule has 20 heavy (non-hydrogen) atoms. The van der Waals surface area contributed by atoms with Gasteiger partial charge in [0.05, 0.1) is 6.61 Å². The molecular formula is C14H12ClNO4. The van der Waals surface area contributed by atoms with Crippen molar-refractivity contribution >= 4 is 17.6 Å². The van der Waals surface area contributed by atoms with Crippen molar-refractivity contribution in [2.75, 3.05) is 6.61 Å². The van der Waals surface area contributed by atoms with Gasteiger partial charge in [-0.15, -0.1) is 0 Å². The number of rotatable bonds is 5. The van der Waals surface area contributed by atoms with E-state index < -0.39 is 5.97 Å². The molecule has 1 fully saturated rings. The summed E-state index contributed by atoms with van der Waals surface area (Å²) in [6.45, 7) is 0.680. The van der Waals surface area contributed by atoms with E-state index in [1.54, 1.807) is 18.2 Å². The normalized spacial score (nSPS) is 14.2. The van der Waals surface area contributed by atoms with Gasteiger partial charge in [0, 0.05) is 16.7 Å². The minimum atomic E-state index is -1.16. The first kappa shape index (κ1) is 13.0. The van der Waals surface area contributed by atoms with Gasteiger partial charge in [-0.1, -0.05) is 16.8 Å². The Kier molecular flexibility index (Phi) is 3.36. The Morgan fingerprint density at radius 3 is 2.85 bits per heavy atom. The number of benzene rings is 1. The van der Waals surface area contributed by atoms with Gasteiger partial charge in [0.25, 0.3) is 0 Å². The molecule has 1 aromatic carbocycles. The van der Waals surface area contributed by atoms with E-state index in [-0.39, 0.29) is 5.76 Å². The molecule has 3 rings (SSSR count). The zero-order chi connectivity index (χ0) is 14.1. The lowest BCUT2D eigenvalue weighted by Gasteiger charge is -2.07. The van der Waals surface area contributed by atoms with Crippen molar-refractivity contribution in [3.63, 3.8) is 0 Å². The van der Waals surface area contributed by atoms with Crippen LogP contribution in [-0.2, 0) is 0 Å². The molecule has 6 heteroatoms. The number of aromatic carboxylic acids is 1. The number of nitrogens with zero attached hydrogens (tertiary/aromatic N) is 1. The van der Waals surface area contributed by atoms with Crippen molar-refractivity contribution in [1.29, 1.82) is 0 Å². The summed E-state index contributed by atoms with van der Waals surface area (Å²) in [5.74, 6) is -0.0706. The molecule has 0 atom stereocenters. The lowest BCUT2D eigenvalue weighted by molar-refractivity contribution is 0.0652. The van der Waals surface area contributed by atoms with Crippen LogP contribution in [0.4, 0.5) is 0 Å². The molecule has 1 saturated carbocycles. The van der Waals surface area contributed by atoms with Crippen molar-refractivity contribution in [1.82, 2.24) is 5.16 Å². The molecule has 0 bridgehead atoms. The van der Waals surface area contributed by atoms with Gasteiger partial charge in [-0.3, -0.25) is 0 Å². The minimum absolute atomic E-state index is 0.208. The monoisotopic (exact) mass is 293 g/mol. The average Bonchev–Trinajstić information content (AvgIpc) is 3.09. The summed E-state index contributed by atoms with van der Waals surface area (Å²) in [6.07, 6.45) is 2.41. The second-order valence-electron chi connectivity index (χ2n) is 4.81. The molecule has 1 heterocycles. The molecule has 104 valence electrons. The zero-order valence-electron chi connectivity index (χ0n) is 10.5. The maximum Gasteiger partial charge on any atom is 0.374 e. The largest absolute Gasteiger partial charge is 0.493 e. The summed E-state index contributed by atoms with van der Waals surface area (Å²) in [5.41, 5.74) is 1.08. The molecule has 1 N–H and O–H groups in total. The van der Waals surface area contributed by atoms with Crippen LogP contribution in [-0.4, -0.2) is 22.8 Å². The highest BCUT2D eigenvalue weighted by Crippen LogP contribution is 2.32. The zero-order valence-corrected chi connectivity index (χ0v) is 11.3. The molecule has 0 amide bonds. The maximum atomic E-state index is 10.8. The molecule has 1 aliphatic carbocycles. The number of carboxylic acid groups (broad SMARTS) is 1. The van der Waals surface area contributed by atoms with Gasteiger partial charge in [-0.2, -0.15) is 0 Å². The fourth-order valence-electron chi connectivity index (χ4n) is 1.80. The van der Waals surface area contributed by atoms with Crippen molar-refractivity contribution in [2.45, 2.75) is 12.8 Å². The summed E-state index contributed by atoms with van der Waals surface area (Å²) >= 11 is 6.05. The number of aromatic nitrogens is 1. The van der Waals surface area contributed by atoms with Crippen LogP contribution in [0.2, 0.25) is 5.02 Å². The lowest BCUT2D eigenvalue weighted by Crippen LogP contribution is -1.99. The van der Waals surface area contributed by atoms with E-state index >= 15 is 0 Å². The van der Waals surface area contributed by atoms with Crippen LogP contribution in [0, 0.1) is 5.92 Å². The van der Waals surface area contributed by atoms with Gasteiger partial charge in [0.15, 0.2) is 0 Å². The van der Waals surface area contributed by atoms with E-state index in [4.69, 9.17) is 26.0 Å². The van der Waals surface area contributed by atoms with E-state index in [9.17, 15) is 4.79 Å². The minimum Gasteiger partial charge on any atom is -0.493 e. The van der Waals surface area contributed by atoms with Crippen LogP contribution in [0.3, 0.4) is 0 Å². The predicted octanol–water partition coefficient (Wildman–Crippen LogP) is 3.48. The number of hydrogen-bond acceptors (Lipinski definition) is 4. The molecule has 0 radical (unpaired) electrons. The number of hydrogen-bond donors (Lipinski definition) is 1. The van der Waals surface area contributed by atoms with Crippen molar-refractivity contribution in [2.24, 2.45) is 5.92 Å². The lowest BCUT2D eigenvalue weighted by atomic mass is 10.1. The van der Waals surface area contributed by atoms with Gasteiger partial charge < -0.3 is 14.4 Å². The quantitative estimate of drug-likeness (QED) is 0.913. The fourth-order valence-corrected chi connectivity index (χ4v) is 2.03. The average molecular weight is 294 g/mol. The smallest absolute Gasteiger partial charge is 0.374 e. The fraction of sp³-hybridized carbons (Fsp3) is 0.286. The van der Waals surface area contributed by atoms with E-state index in [1.807, 2.05) is 0 Å². The summed E-state index contributed by atoms with van der Waals surface area (Å²) in [4.78, 5) is 10.8. The summed E-state index contributed by atoms with van der Waals surface area (Å²) in [7, 11) is 0. The predicted molar refractivity (Wildman–Crippen MR) is 72.1 cm³/mol. The first-order chi connectivity index (χ1) is 9.61. The highest BCUT2D eigenvalue weighted by Gasteiger charge is 2.22. The van der Waals surface area contributed by atoms with Crippen LogP contribution < -0.4 is 4.74 Å². The van der Waals surface area contributed by atoms with Crippen LogP contribution in [0.5, 0.6) is 5.75 Å². The van der Waals surface area contributed by atoms with Crippen molar-refractivity contribution < 1.29 is 19.2 Å². The summed E-state index contributed by atoms with van der Waals surface area (Å²) < 4.78 is 10.4. The number of ether oxygens (including phenoxy) is 1. The van der Waals surface area contributed by atoms with Gasteiger partial charge in [0.2, 0.25) is 5.76 Å². The summed E-state index contributed by atoms with van der Waals surface area (Å²) in [5, 5.41) is 13.1. The number of carboxylic acids is 1. The molecule has 1 aromatic heterocycles. The maximum absolute atomic E-state index is 10.8. The first-order valence-corrected chi connectivity index (χ1v) is 6.63. The Balaban J connectivity index is 1.84. The third-order valence-electron chi connectivity index (χ3n) is 3.07. The molecule has 1 aliphatic rings. The molecule has 0 spiro atoms. The second-order valence-corrected chi connectivity index (χ2v) is 5.25. The number of carbonyl (C=O) groups is 1. The van der Waals surface area contributed by atoms with Crippen molar-refractivity contribution in [3.8, 4) is 17.0 Å². The van der Waals surface area contributed by atoms with Crippen LogP contribution in [0.1, 0.15) is 23.4 Å². The van der Waals surface area contributed by atoms with E-state index in [0.717, 1.165) is 0 Å². The Morgan fingerprint density at radius 2 is 2.20 bits per heavy atom. The van der Waals surface area contributed by atoms with E-state index in [1.165, 1.54) is 18.9 Å². The third-order valence-corrected chi connectivity index (χ3v) is 3.29. The molecule has 2 aromatic rings. The Morgan fingerprint density at radius 1 is 1.40 bits per heavy atom. The SMILES string of the molecule is O=C(O)c1cc(-c2cc(Cl)cc(OCC3CC3)c2)no1. The Labute approximate surface area is 120 Å². The van der Waals surface area contributed by atoms with E-state index in [0.29, 0.717) is 34.6 Å². The molecule has 0 aliphatic heterocycles. The molecular weight excluding hydrogens is 282 g/mol. The Hall–Kier alpha value is -2.01. The second kappa shape index (κ2) is 5.17. The topological polar surface area (TPSA) is 72.6 Å². The van der Waals surface area contributed by atoms with Crippen LogP contribution in [0.15, 0.2) is 28.8 Å². The highest BCUT2D eigenvalue weighted by atomic mass is 35.5. The Bertz CT molecular complexity index is 648. The van der Waals surface area contributed by atoms with Crippen molar-refractivity contribution in [3.05, 3.63) is 35.0 Å². The van der Waals surface area contributed by atoms with Gasteiger partial charge in [0.1, 0.15) is 11.4 Å².